The molecule has 0 N–H and O–H groups in total. The normalized spacial score (nSPS) is 10.7. The number of pyridine rings is 1. The Balaban J connectivity index is 1.68. The molecule has 3 radical (unpaired) electrons. The Morgan fingerprint density at radius 1 is 0.792 bits per heavy atom. The molecule has 0 aliphatic rings. The molecule has 0 saturated carbocycles. The number of nitrogens with zero attached hydrogens (tertiary/aromatic N) is 3. The van der Waals surface area contributed by atoms with E-state index in [1.54, 1.807) is 12.3 Å². The highest BCUT2D eigenvalue weighted by Crippen LogP contribution is 2.25. The van der Waals surface area contributed by atoms with Crippen molar-refractivity contribution in [2.45, 2.75) is 0 Å². The van der Waals surface area contributed by atoms with Crippen LogP contribution in [0.25, 0.3) is 28.0 Å². The first-order chi connectivity index (χ1) is 11.7. The van der Waals surface area contributed by atoms with Crippen molar-refractivity contribution in [1.82, 2.24) is 9.38 Å². The predicted molar refractivity (Wildman–Crippen MR) is 93.1 cm³/mol. The van der Waals surface area contributed by atoms with Gasteiger partial charge < -0.3 is 4.40 Å². The number of nitriles is 1. The van der Waals surface area contributed by atoms with Crippen LogP contribution in [-0.4, -0.2) is 9.38 Å². The van der Waals surface area contributed by atoms with Crippen LogP contribution >= 0.6 is 0 Å². The second kappa shape index (κ2) is 5.68. The number of rotatable bonds is 2. The van der Waals surface area contributed by atoms with Gasteiger partial charge in [0.2, 0.25) is 0 Å². The molecule has 2 aromatic carbocycles. The van der Waals surface area contributed by atoms with Crippen molar-refractivity contribution in [1.29, 1.82) is 5.26 Å². The summed E-state index contributed by atoms with van der Waals surface area (Å²) in [7, 11) is 0. The van der Waals surface area contributed by atoms with Crippen molar-refractivity contribution >= 4 is 5.65 Å². The summed E-state index contributed by atoms with van der Waals surface area (Å²) in [6, 6.07) is 21.4. The molecule has 111 valence electrons. The van der Waals surface area contributed by atoms with Gasteiger partial charge in [0.25, 0.3) is 0 Å². The summed E-state index contributed by atoms with van der Waals surface area (Å²) < 4.78 is 1.87. The highest BCUT2D eigenvalue weighted by atomic mass is 15.0. The molecule has 0 spiro atoms. The van der Waals surface area contributed by atoms with E-state index in [0.29, 0.717) is 11.1 Å². The summed E-state index contributed by atoms with van der Waals surface area (Å²) in [5, 5.41) is 8.87. The van der Waals surface area contributed by atoms with Gasteiger partial charge in [-0.2, -0.15) is 5.26 Å². The lowest BCUT2D eigenvalue weighted by Gasteiger charge is -2.03. The molecule has 0 atom stereocenters. The van der Waals surface area contributed by atoms with Crippen LogP contribution in [0.1, 0.15) is 11.1 Å². The fraction of sp³-hybridized carbons (Fsp3) is 0. The molecule has 0 aliphatic carbocycles. The summed E-state index contributed by atoms with van der Waals surface area (Å²) in [6.45, 7) is 7.67. The molecular weight excluding hydrogens is 294 g/mol. The highest BCUT2D eigenvalue weighted by molar-refractivity contribution is 5.70. The Kier molecular flexibility index (Phi) is 3.36. The smallest absolute Gasteiger partial charge is 0.137 e. The molecular formula is C21H12N3. The fourth-order valence-electron chi connectivity index (χ4n) is 2.70. The van der Waals surface area contributed by atoms with Gasteiger partial charge in [0.15, 0.2) is 0 Å². The summed E-state index contributed by atoms with van der Waals surface area (Å²) in [5.41, 5.74) is 6.04. The van der Waals surface area contributed by atoms with Crippen molar-refractivity contribution < 1.29 is 0 Å². The zero-order chi connectivity index (χ0) is 16.5. The van der Waals surface area contributed by atoms with E-state index in [2.05, 4.69) is 23.2 Å². The number of aromatic nitrogens is 2. The molecule has 2 heterocycles. The van der Waals surface area contributed by atoms with Crippen LogP contribution in [-0.2, 0) is 0 Å². The molecule has 3 heteroatoms. The molecule has 2 aromatic heterocycles. The first kappa shape index (κ1) is 14.2. The van der Waals surface area contributed by atoms with E-state index in [-0.39, 0.29) is 0 Å². The lowest BCUT2D eigenvalue weighted by molar-refractivity contribution is 1.17. The maximum absolute atomic E-state index is 8.87. The fourth-order valence-corrected chi connectivity index (χ4v) is 2.70. The molecule has 0 bridgehead atoms. The average molecular weight is 306 g/mol. The van der Waals surface area contributed by atoms with E-state index in [1.807, 2.05) is 53.1 Å². The van der Waals surface area contributed by atoms with E-state index in [9.17, 15) is 0 Å². The Labute approximate surface area is 140 Å². The van der Waals surface area contributed by atoms with Crippen LogP contribution in [0.3, 0.4) is 0 Å². The largest absolute Gasteiger partial charge is 0.306 e. The van der Waals surface area contributed by atoms with Gasteiger partial charge in [-0.1, -0.05) is 42.5 Å². The molecule has 0 amide bonds. The second-order valence-corrected chi connectivity index (χ2v) is 5.58. The van der Waals surface area contributed by atoms with Crippen molar-refractivity contribution in [3.05, 3.63) is 91.1 Å². The molecule has 0 saturated heterocycles. The van der Waals surface area contributed by atoms with E-state index < -0.39 is 0 Å². The van der Waals surface area contributed by atoms with Crippen molar-refractivity contribution in [2.75, 3.05) is 0 Å². The number of imidazole rings is 1. The molecule has 0 aliphatic heterocycles. The quantitative estimate of drug-likeness (QED) is 0.548. The van der Waals surface area contributed by atoms with Crippen molar-refractivity contribution in [3.8, 4) is 28.5 Å². The average Bonchev–Trinajstić information content (AvgIpc) is 3.05. The van der Waals surface area contributed by atoms with Crippen LogP contribution in [0, 0.1) is 18.3 Å². The van der Waals surface area contributed by atoms with Gasteiger partial charge >= 0.3 is 0 Å². The maximum Gasteiger partial charge on any atom is 0.137 e. The number of benzene rings is 2. The minimum Gasteiger partial charge on any atom is -0.306 e. The Hall–Kier alpha value is -3.38. The van der Waals surface area contributed by atoms with Gasteiger partial charge in [-0.05, 0) is 34.9 Å². The minimum absolute atomic E-state index is 0.461. The third-order valence-corrected chi connectivity index (χ3v) is 3.98. The van der Waals surface area contributed by atoms with Crippen molar-refractivity contribution in [3.63, 3.8) is 0 Å². The number of hydrogen-bond donors (Lipinski definition) is 0. The third kappa shape index (κ3) is 2.55. The Bertz CT molecular complexity index is 1050. The topological polar surface area (TPSA) is 41.1 Å². The van der Waals surface area contributed by atoms with E-state index in [4.69, 9.17) is 12.2 Å². The van der Waals surface area contributed by atoms with Gasteiger partial charge in [-0.25, -0.2) is 4.98 Å². The predicted octanol–water partition coefficient (Wildman–Crippen LogP) is 4.48. The molecule has 3 nitrogen and oxygen atoms in total. The highest BCUT2D eigenvalue weighted by Gasteiger charge is 2.05. The lowest BCUT2D eigenvalue weighted by Crippen LogP contribution is -1.82. The molecule has 0 fully saturated rings. The third-order valence-electron chi connectivity index (χ3n) is 3.98. The zero-order valence-corrected chi connectivity index (χ0v) is 12.8. The number of hydrogen-bond acceptors (Lipinski definition) is 2. The molecule has 0 unspecified atom stereocenters. The van der Waals surface area contributed by atoms with E-state index in [1.165, 1.54) is 0 Å². The van der Waals surface area contributed by atoms with E-state index in [0.717, 1.165) is 28.0 Å². The van der Waals surface area contributed by atoms with Gasteiger partial charge in [0, 0.05) is 24.9 Å². The van der Waals surface area contributed by atoms with Gasteiger partial charge in [0.05, 0.1) is 17.3 Å². The summed E-state index contributed by atoms with van der Waals surface area (Å²) in [6.07, 6.45) is 3.68. The summed E-state index contributed by atoms with van der Waals surface area (Å²) in [5.74, 6) is 0. The standard InChI is InChI=1S/C21H12N3/c1-15-2-11-21-23-20(14-24(21)13-15)19-9-7-18(8-10-19)17-5-3-16(12-22)4-6-17/h2-11,13-14H. The second-order valence-electron chi connectivity index (χ2n) is 5.58. The van der Waals surface area contributed by atoms with Crippen molar-refractivity contribution in [2.24, 2.45) is 0 Å². The first-order valence-corrected chi connectivity index (χ1v) is 7.54. The molecule has 4 rings (SSSR count). The van der Waals surface area contributed by atoms with Gasteiger partial charge in [0.1, 0.15) is 5.65 Å². The maximum atomic E-state index is 8.87. The van der Waals surface area contributed by atoms with Crippen LogP contribution in [0.2, 0.25) is 0 Å². The SMILES string of the molecule is [C]c1ccc2nc(-c3ccc(-c4ccc(C#N)cc4)cc3)cn2c1. The Morgan fingerprint density at radius 3 is 2.08 bits per heavy atom. The monoisotopic (exact) mass is 306 g/mol. The zero-order valence-electron chi connectivity index (χ0n) is 12.8. The number of fused-ring (bicyclic) bond motifs is 1. The van der Waals surface area contributed by atoms with Gasteiger partial charge in [-0.3, -0.25) is 0 Å². The summed E-state index contributed by atoms with van der Waals surface area (Å²) >= 11 is 0. The van der Waals surface area contributed by atoms with Crippen LogP contribution in [0.5, 0.6) is 0 Å². The minimum atomic E-state index is 0.461. The first-order valence-electron chi connectivity index (χ1n) is 7.54. The van der Waals surface area contributed by atoms with Crippen LogP contribution in [0.4, 0.5) is 0 Å². The van der Waals surface area contributed by atoms with Crippen LogP contribution < -0.4 is 0 Å². The Morgan fingerprint density at radius 2 is 1.42 bits per heavy atom. The van der Waals surface area contributed by atoms with E-state index >= 15 is 0 Å². The van der Waals surface area contributed by atoms with Crippen LogP contribution in [0.15, 0.2) is 73.1 Å². The lowest BCUT2D eigenvalue weighted by atomic mass is 10.0. The molecule has 24 heavy (non-hydrogen) atoms. The summed E-state index contributed by atoms with van der Waals surface area (Å²) in [4.78, 5) is 4.59. The van der Waals surface area contributed by atoms with Gasteiger partial charge in [-0.15, -0.1) is 0 Å². The molecule has 4 aromatic rings.